The van der Waals surface area contributed by atoms with Crippen molar-refractivity contribution in [3.63, 3.8) is 0 Å². The van der Waals surface area contributed by atoms with E-state index in [1.165, 1.54) is 25.7 Å². The van der Waals surface area contributed by atoms with Crippen LogP contribution in [0.5, 0.6) is 0 Å². The molecule has 0 aromatic heterocycles. The molecule has 2 amide bonds. The van der Waals surface area contributed by atoms with Crippen LogP contribution in [-0.4, -0.2) is 54.1 Å². The highest BCUT2D eigenvalue weighted by molar-refractivity contribution is 5.75. The molecule has 0 aromatic rings. The van der Waals surface area contributed by atoms with Crippen molar-refractivity contribution in [2.75, 3.05) is 26.2 Å². The monoisotopic (exact) mass is 237 g/mol. The number of piperidine rings is 1. The number of rotatable bonds is 0. The molecular weight excluding hydrogens is 214 g/mol. The number of hydrogen-bond donors (Lipinski definition) is 1. The van der Waals surface area contributed by atoms with Crippen LogP contribution in [0.2, 0.25) is 0 Å². The Hall–Kier alpha value is -0.770. The van der Waals surface area contributed by atoms with Crippen LogP contribution >= 0.6 is 0 Å². The van der Waals surface area contributed by atoms with Crippen molar-refractivity contribution in [3.8, 4) is 0 Å². The molecule has 3 saturated heterocycles. The molecule has 3 aliphatic rings. The van der Waals surface area contributed by atoms with Crippen LogP contribution in [0.3, 0.4) is 0 Å². The standard InChI is InChI=1S/C13H23N3O/c1-10-7-11-8-14-9-12(11)16(10)13(17)15-5-3-2-4-6-15/h10-12,14H,2-9H2,1H3. The maximum atomic E-state index is 12.6. The highest BCUT2D eigenvalue weighted by Gasteiger charge is 2.45. The number of amides is 2. The highest BCUT2D eigenvalue weighted by atomic mass is 16.2. The molecule has 0 aromatic carbocycles. The Balaban J connectivity index is 1.71. The second-order valence-corrected chi connectivity index (χ2v) is 5.81. The van der Waals surface area contributed by atoms with Crippen LogP contribution in [0.1, 0.15) is 32.6 Å². The second kappa shape index (κ2) is 4.48. The highest BCUT2D eigenvalue weighted by Crippen LogP contribution is 2.33. The summed E-state index contributed by atoms with van der Waals surface area (Å²) in [5.74, 6) is 0.693. The van der Waals surface area contributed by atoms with Gasteiger partial charge in [0.1, 0.15) is 0 Å². The quantitative estimate of drug-likeness (QED) is 0.689. The molecule has 1 N–H and O–H groups in total. The van der Waals surface area contributed by atoms with Gasteiger partial charge in [0.25, 0.3) is 0 Å². The molecule has 17 heavy (non-hydrogen) atoms. The molecule has 3 heterocycles. The van der Waals surface area contributed by atoms with Crippen LogP contribution in [0.15, 0.2) is 0 Å². The number of likely N-dealkylation sites (tertiary alicyclic amines) is 2. The van der Waals surface area contributed by atoms with E-state index in [-0.39, 0.29) is 0 Å². The molecular formula is C13H23N3O. The Morgan fingerprint density at radius 3 is 2.71 bits per heavy atom. The molecule has 3 fully saturated rings. The lowest BCUT2D eigenvalue weighted by Crippen LogP contribution is -2.51. The third kappa shape index (κ3) is 1.92. The summed E-state index contributed by atoms with van der Waals surface area (Å²) in [6, 6.07) is 1.19. The summed E-state index contributed by atoms with van der Waals surface area (Å²) in [5, 5.41) is 3.42. The van der Waals surface area contributed by atoms with Gasteiger partial charge in [0.05, 0.1) is 6.04 Å². The van der Waals surface area contributed by atoms with Gasteiger partial charge in [-0.3, -0.25) is 0 Å². The fourth-order valence-corrected chi connectivity index (χ4v) is 3.74. The van der Waals surface area contributed by atoms with Crippen LogP contribution in [-0.2, 0) is 0 Å². The molecule has 0 aliphatic carbocycles. The van der Waals surface area contributed by atoms with Gasteiger partial charge in [-0.1, -0.05) is 0 Å². The van der Waals surface area contributed by atoms with E-state index >= 15 is 0 Å². The van der Waals surface area contributed by atoms with Gasteiger partial charge in [0, 0.05) is 32.2 Å². The lowest BCUT2D eigenvalue weighted by molar-refractivity contribution is 0.126. The van der Waals surface area contributed by atoms with Crippen molar-refractivity contribution in [2.24, 2.45) is 5.92 Å². The second-order valence-electron chi connectivity index (χ2n) is 5.81. The maximum absolute atomic E-state index is 12.6. The molecule has 3 rings (SSSR count). The van der Waals surface area contributed by atoms with Crippen LogP contribution in [0.25, 0.3) is 0 Å². The van der Waals surface area contributed by atoms with E-state index in [1.807, 2.05) is 0 Å². The Morgan fingerprint density at radius 1 is 1.18 bits per heavy atom. The fraction of sp³-hybridized carbons (Fsp3) is 0.923. The molecule has 4 heteroatoms. The van der Waals surface area contributed by atoms with Crippen molar-refractivity contribution < 1.29 is 4.79 Å². The Kier molecular flexibility index (Phi) is 2.99. The van der Waals surface area contributed by atoms with Gasteiger partial charge in [-0.2, -0.15) is 0 Å². The molecule has 3 aliphatic heterocycles. The average Bonchev–Trinajstić information content (AvgIpc) is 2.89. The Bertz CT molecular complexity index is 301. The summed E-state index contributed by atoms with van der Waals surface area (Å²) in [5.41, 5.74) is 0. The number of nitrogens with zero attached hydrogens (tertiary/aromatic N) is 2. The third-order valence-electron chi connectivity index (χ3n) is 4.63. The topological polar surface area (TPSA) is 35.6 Å². The number of carbonyl (C=O) groups excluding carboxylic acids is 1. The largest absolute Gasteiger partial charge is 0.325 e. The molecule has 3 atom stereocenters. The minimum Gasteiger partial charge on any atom is -0.325 e. The van der Waals surface area contributed by atoms with E-state index in [4.69, 9.17) is 0 Å². The van der Waals surface area contributed by atoms with Crippen molar-refractivity contribution >= 4 is 6.03 Å². The van der Waals surface area contributed by atoms with Crippen LogP contribution in [0, 0.1) is 5.92 Å². The molecule has 0 radical (unpaired) electrons. The summed E-state index contributed by atoms with van der Waals surface area (Å²) in [7, 11) is 0. The molecule has 0 saturated carbocycles. The number of carbonyl (C=O) groups is 1. The van der Waals surface area contributed by atoms with Crippen molar-refractivity contribution in [1.82, 2.24) is 15.1 Å². The first kappa shape index (κ1) is 11.3. The number of nitrogens with one attached hydrogen (secondary N) is 1. The first-order chi connectivity index (χ1) is 8.27. The number of hydrogen-bond acceptors (Lipinski definition) is 2. The molecule has 96 valence electrons. The average molecular weight is 237 g/mol. The summed E-state index contributed by atoms with van der Waals surface area (Å²) in [6.07, 6.45) is 4.82. The fourth-order valence-electron chi connectivity index (χ4n) is 3.74. The third-order valence-corrected chi connectivity index (χ3v) is 4.63. The maximum Gasteiger partial charge on any atom is 0.320 e. The normalized spacial score (nSPS) is 37.4. The summed E-state index contributed by atoms with van der Waals surface area (Å²) < 4.78 is 0. The smallest absolute Gasteiger partial charge is 0.320 e. The van der Waals surface area contributed by atoms with Crippen molar-refractivity contribution in [1.29, 1.82) is 0 Å². The summed E-state index contributed by atoms with van der Waals surface area (Å²) in [6.45, 7) is 6.23. The lowest BCUT2D eigenvalue weighted by atomic mass is 10.0. The molecule has 3 unspecified atom stereocenters. The Labute approximate surface area is 103 Å². The van der Waals surface area contributed by atoms with Gasteiger partial charge in [0.15, 0.2) is 0 Å². The Morgan fingerprint density at radius 2 is 1.94 bits per heavy atom. The van der Waals surface area contributed by atoms with E-state index in [0.717, 1.165) is 26.2 Å². The summed E-state index contributed by atoms with van der Waals surface area (Å²) in [4.78, 5) is 16.8. The van der Waals surface area contributed by atoms with E-state index in [1.54, 1.807) is 0 Å². The zero-order chi connectivity index (χ0) is 11.8. The van der Waals surface area contributed by atoms with E-state index in [0.29, 0.717) is 24.0 Å². The van der Waals surface area contributed by atoms with Crippen molar-refractivity contribution in [3.05, 3.63) is 0 Å². The van der Waals surface area contributed by atoms with Gasteiger partial charge >= 0.3 is 6.03 Å². The first-order valence-corrected chi connectivity index (χ1v) is 7.05. The van der Waals surface area contributed by atoms with Crippen LogP contribution < -0.4 is 5.32 Å². The number of urea groups is 1. The lowest BCUT2D eigenvalue weighted by Gasteiger charge is -2.35. The predicted molar refractivity (Wildman–Crippen MR) is 66.9 cm³/mol. The van der Waals surface area contributed by atoms with E-state index < -0.39 is 0 Å². The van der Waals surface area contributed by atoms with Crippen molar-refractivity contribution in [2.45, 2.75) is 44.7 Å². The minimum atomic E-state index is 0.299. The van der Waals surface area contributed by atoms with Gasteiger partial charge in [-0.05, 0) is 38.5 Å². The zero-order valence-electron chi connectivity index (χ0n) is 10.7. The molecule has 0 bridgehead atoms. The van der Waals surface area contributed by atoms with Gasteiger partial charge < -0.3 is 15.1 Å². The zero-order valence-corrected chi connectivity index (χ0v) is 10.7. The molecule has 4 nitrogen and oxygen atoms in total. The SMILES string of the molecule is CC1CC2CNCC2N1C(=O)N1CCCCC1. The predicted octanol–water partition coefficient (Wildman–Crippen LogP) is 1.27. The number of fused-ring (bicyclic) bond motifs is 1. The van der Waals surface area contributed by atoms with Crippen LogP contribution in [0.4, 0.5) is 4.79 Å². The minimum absolute atomic E-state index is 0.299. The molecule has 0 spiro atoms. The van der Waals surface area contributed by atoms with E-state index in [9.17, 15) is 4.79 Å². The first-order valence-electron chi connectivity index (χ1n) is 7.05. The van der Waals surface area contributed by atoms with E-state index in [2.05, 4.69) is 22.0 Å². The van der Waals surface area contributed by atoms with Gasteiger partial charge in [-0.15, -0.1) is 0 Å². The van der Waals surface area contributed by atoms with Gasteiger partial charge in [-0.25, -0.2) is 4.79 Å². The summed E-state index contributed by atoms with van der Waals surface area (Å²) >= 11 is 0. The van der Waals surface area contributed by atoms with Gasteiger partial charge in [0.2, 0.25) is 0 Å².